The zero-order chi connectivity index (χ0) is 13.1. The largest absolute Gasteiger partial charge is 0.465 e. The van der Waals surface area contributed by atoms with Gasteiger partial charge in [-0.15, -0.1) is 3.74 Å². The first kappa shape index (κ1) is 14.3. The van der Waals surface area contributed by atoms with Crippen LogP contribution in [-0.4, -0.2) is 8.42 Å². The predicted molar refractivity (Wildman–Crippen MR) is 66.2 cm³/mol. The lowest BCUT2D eigenvalue weighted by molar-refractivity contribution is 0.406. The number of hydrogen-bond donors (Lipinski definition) is 0. The highest BCUT2D eigenvalue weighted by Gasteiger charge is 2.18. The van der Waals surface area contributed by atoms with E-state index >= 15 is 0 Å². The number of rotatable bonds is 5. The average molecular weight is 279 g/mol. The molecule has 4 nitrogen and oxygen atoms in total. The van der Waals surface area contributed by atoms with Crippen LogP contribution in [0.1, 0.15) is 32.8 Å². The Hall–Kier alpha value is -0.780. The van der Waals surface area contributed by atoms with E-state index in [9.17, 15) is 8.42 Å². The smallest absolute Gasteiger partial charge is 0.361 e. The Kier molecular flexibility index (Phi) is 4.41. The van der Waals surface area contributed by atoms with Gasteiger partial charge in [-0.3, -0.25) is 0 Å². The fraction of sp³-hybridized carbons (Fsp3) is 0.455. The summed E-state index contributed by atoms with van der Waals surface area (Å²) in [4.78, 5) is 0. The highest BCUT2D eigenvalue weighted by Crippen LogP contribution is 2.28. The Morgan fingerprint density at radius 2 is 1.76 bits per heavy atom. The van der Waals surface area contributed by atoms with Gasteiger partial charge in [-0.05, 0) is 29.5 Å². The molecule has 0 unspecified atom stereocenters. The number of hydrogen-bond acceptors (Lipinski definition) is 4. The van der Waals surface area contributed by atoms with E-state index in [0.717, 1.165) is 12.0 Å². The summed E-state index contributed by atoms with van der Waals surface area (Å²) in [6, 6.07) is 6.78. The van der Waals surface area contributed by atoms with Crippen molar-refractivity contribution >= 4 is 22.3 Å². The molecule has 0 N–H and O–H groups in total. The molecule has 0 spiro atoms. The van der Waals surface area contributed by atoms with Gasteiger partial charge in [-0.1, -0.05) is 32.9 Å². The predicted octanol–water partition coefficient (Wildman–Crippen LogP) is 3.17. The molecule has 1 aromatic rings. The maximum absolute atomic E-state index is 10.9. The highest BCUT2D eigenvalue weighted by molar-refractivity contribution is 7.82. The van der Waals surface area contributed by atoms with Gasteiger partial charge in [-0.2, -0.15) is 8.42 Å². The van der Waals surface area contributed by atoms with Gasteiger partial charge in [0, 0.05) is 0 Å². The molecular weight excluding hydrogens is 264 g/mol. The monoisotopic (exact) mass is 278 g/mol. The fourth-order valence-corrected chi connectivity index (χ4v) is 1.75. The van der Waals surface area contributed by atoms with E-state index < -0.39 is 10.4 Å². The van der Waals surface area contributed by atoms with E-state index in [0.29, 0.717) is 0 Å². The van der Waals surface area contributed by atoms with Crippen LogP contribution in [0, 0.1) is 0 Å². The second-order valence-corrected chi connectivity index (χ2v) is 5.80. The standard InChI is InChI=1S/C11H15ClO4S/c1-4-11(2,3)9-5-7-10(8-6-9)15-17(13,14)16-12/h5-8H,4H2,1-3H3. The average Bonchev–Trinajstić information content (AvgIpc) is 2.29. The van der Waals surface area contributed by atoms with Crippen LogP contribution >= 0.6 is 11.9 Å². The molecule has 0 heterocycles. The van der Waals surface area contributed by atoms with Crippen molar-refractivity contribution in [2.75, 3.05) is 0 Å². The molecule has 0 amide bonds. The topological polar surface area (TPSA) is 52.6 Å². The molecule has 0 aliphatic carbocycles. The molecule has 0 radical (unpaired) electrons. The summed E-state index contributed by atoms with van der Waals surface area (Å²) in [6.45, 7) is 6.32. The van der Waals surface area contributed by atoms with E-state index in [4.69, 9.17) is 11.9 Å². The number of benzene rings is 1. The zero-order valence-electron chi connectivity index (χ0n) is 9.94. The molecule has 0 bridgehead atoms. The van der Waals surface area contributed by atoms with Crippen LogP contribution in [0.2, 0.25) is 0 Å². The Bertz CT molecular complexity index is 465. The second-order valence-electron chi connectivity index (χ2n) is 4.32. The van der Waals surface area contributed by atoms with Crippen molar-refractivity contribution in [3.05, 3.63) is 29.8 Å². The molecule has 0 saturated carbocycles. The minimum Gasteiger partial charge on any atom is -0.361 e. The van der Waals surface area contributed by atoms with Crippen molar-refractivity contribution in [1.82, 2.24) is 0 Å². The van der Waals surface area contributed by atoms with E-state index in [1.165, 1.54) is 0 Å². The Morgan fingerprint density at radius 3 is 2.18 bits per heavy atom. The molecule has 17 heavy (non-hydrogen) atoms. The lowest BCUT2D eigenvalue weighted by Gasteiger charge is -2.23. The zero-order valence-corrected chi connectivity index (χ0v) is 11.5. The van der Waals surface area contributed by atoms with Gasteiger partial charge < -0.3 is 4.18 Å². The maximum atomic E-state index is 10.9. The van der Waals surface area contributed by atoms with Gasteiger partial charge in [-0.25, -0.2) is 0 Å². The van der Waals surface area contributed by atoms with E-state index in [1.54, 1.807) is 12.1 Å². The summed E-state index contributed by atoms with van der Waals surface area (Å²) < 4.78 is 30.1. The second kappa shape index (κ2) is 5.25. The van der Waals surface area contributed by atoms with Crippen molar-refractivity contribution in [3.63, 3.8) is 0 Å². The van der Waals surface area contributed by atoms with Crippen LogP contribution in [-0.2, 0) is 19.5 Å². The van der Waals surface area contributed by atoms with Gasteiger partial charge in [0.1, 0.15) is 5.75 Å². The Morgan fingerprint density at radius 1 is 1.24 bits per heavy atom. The molecule has 0 aliphatic heterocycles. The lowest BCUT2D eigenvalue weighted by atomic mass is 9.82. The number of halogens is 1. The Balaban J connectivity index is 2.90. The molecule has 0 saturated heterocycles. The normalized spacial score (nSPS) is 12.5. The molecule has 6 heteroatoms. The molecular formula is C11H15ClO4S. The minimum absolute atomic E-state index is 0.0421. The van der Waals surface area contributed by atoms with Crippen molar-refractivity contribution in [1.29, 1.82) is 0 Å². The Labute approximate surface area is 107 Å². The summed E-state index contributed by atoms with van der Waals surface area (Å²) in [5, 5.41) is 0. The molecule has 0 atom stereocenters. The van der Waals surface area contributed by atoms with Crippen molar-refractivity contribution in [2.45, 2.75) is 32.6 Å². The molecule has 0 aromatic heterocycles. The molecule has 1 rings (SSSR count). The van der Waals surface area contributed by atoms with Crippen LogP contribution in [0.5, 0.6) is 5.75 Å². The van der Waals surface area contributed by atoms with Crippen molar-refractivity contribution < 1.29 is 16.3 Å². The first-order chi connectivity index (χ1) is 7.80. The van der Waals surface area contributed by atoms with E-state index in [1.807, 2.05) is 12.1 Å². The van der Waals surface area contributed by atoms with Crippen LogP contribution in [0.4, 0.5) is 0 Å². The molecule has 1 aromatic carbocycles. The third kappa shape index (κ3) is 3.87. The molecule has 96 valence electrons. The first-order valence-electron chi connectivity index (χ1n) is 5.16. The van der Waals surface area contributed by atoms with Crippen molar-refractivity contribution in [2.24, 2.45) is 0 Å². The summed E-state index contributed by atoms with van der Waals surface area (Å²) in [5.74, 6) is 0.168. The third-order valence-corrected chi connectivity index (χ3v) is 3.81. The summed E-state index contributed by atoms with van der Waals surface area (Å²) >= 11 is 4.76. The molecule has 0 aliphatic rings. The van der Waals surface area contributed by atoms with Crippen LogP contribution in [0.3, 0.4) is 0 Å². The quantitative estimate of drug-likeness (QED) is 0.830. The molecule has 0 fully saturated rings. The first-order valence-corrected chi connectivity index (χ1v) is 6.80. The third-order valence-electron chi connectivity index (χ3n) is 2.80. The summed E-state index contributed by atoms with van der Waals surface area (Å²) in [5.41, 5.74) is 1.15. The van der Waals surface area contributed by atoms with E-state index in [-0.39, 0.29) is 11.2 Å². The van der Waals surface area contributed by atoms with Gasteiger partial charge >= 0.3 is 10.4 Å². The van der Waals surface area contributed by atoms with Gasteiger partial charge in [0.25, 0.3) is 0 Å². The fourth-order valence-electron chi connectivity index (χ4n) is 1.30. The summed E-state index contributed by atoms with van der Waals surface area (Å²) in [7, 11) is -4.16. The highest BCUT2D eigenvalue weighted by atomic mass is 35.5. The van der Waals surface area contributed by atoms with Gasteiger partial charge in [0.05, 0.1) is 11.9 Å². The maximum Gasteiger partial charge on any atom is 0.465 e. The lowest BCUT2D eigenvalue weighted by Crippen LogP contribution is -2.15. The van der Waals surface area contributed by atoms with Crippen LogP contribution in [0.25, 0.3) is 0 Å². The van der Waals surface area contributed by atoms with Crippen LogP contribution in [0.15, 0.2) is 24.3 Å². The van der Waals surface area contributed by atoms with Gasteiger partial charge in [0.15, 0.2) is 0 Å². The van der Waals surface area contributed by atoms with Gasteiger partial charge in [0.2, 0.25) is 0 Å². The van der Waals surface area contributed by atoms with Crippen molar-refractivity contribution in [3.8, 4) is 5.75 Å². The van der Waals surface area contributed by atoms with E-state index in [2.05, 4.69) is 28.7 Å². The SMILES string of the molecule is CCC(C)(C)c1ccc(OS(=O)(=O)OCl)cc1. The minimum atomic E-state index is -4.16. The summed E-state index contributed by atoms with van der Waals surface area (Å²) in [6.07, 6.45) is 0.982. The van der Waals surface area contributed by atoms with Crippen LogP contribution < -0.4 is 4.18 Å².